The molecule has 0 spiro atoms. The number of carbonyl (C=O) groups excluding carboxylic acids is 1. The highest BCUT2D eigenvalue weighted by atomic mass is 16.5. The Morgan fingerprint density at radius 2 is 1.95 bits per heavy atom. The van der Waals surface area contributed by atoms with Gasteiger partial charge in [0.15, 0.2) is 5.82 Å². The molecular weight excluding hydrogens is 268 g/mol. The van der Waals surface area contributed by atoms with Crippen molar-refractivity contribution in [2.24, 2.45) is 5.92 Å². The molecule has 2 rings (SSSR count). The van der Waals surface area contributed by atoms with E-state index in [9.17, 15) is 10.1 Å². The molecule has 1 aromatic rings. The van der Waals surface area contributed by atoms with E-state index in [0.29, 0.717) is 11.4 Å². The van der Waals surface area contributed by atoms with Gasteiger partial charge in [-0.05, 0) is 45.1 Å². The van der Waals surface area contributed by atoms with Gasteiger partial charge in [-0.25, -0.2) is 0 Å². The number of methoxy groups -OCH3 is 1. The molecule has 0 radical (unpaired) electrons. The van der Waals surface area contributed by atoms with Gasteiger partial charge in [0.2, 0.25) is 0 Å². The van der Waals surface area contributed by atoms with E-state index < -0.39 is 0 Å². The van der Waals surface area contributed by atoms with Crippen molar-refractivity contribution in [3.05, 3.63) is 16.8 Å². The molecule has 6 nitrogen and oxygen atoms in total. The zero-order valence-corrected chi connectivity index (χ0v) is 12.6. The van der Waals surface area contributed by atoms with Gasteiger partial charge in [-0.15, -0.1) is 5.10 Å². The molecule has 0 bridgehead atoms. The van der Waals surface area contributed by atoms with Crippen LogP contribution in [0.2, 0.25) is 0 Å². The van der Waals surface area contributed by atoms with E-state index in [1.807, 2.05) is 13.8 Å². The van der Waals surface area contributed by atoms with Gasteiger partial charge in [-0.3, -0.25) is 4.79 Å². The highest BCUT2D eigenvalue weighted by Gasteiger charge is 2.27. The Labute approximate surface area is 124 Å². The summed E-state index contributed by atoms with van der Waals surface area (Å²) in [5.41, 5.74) is 2.18. The molecular formula is C15H20N4O2. The van der Waals surface area contributed by atoms with Crippen LogP contribution in [0.1, 0.15) is 42.5 Å². The second-order valence-corrected chi connectivity index (χ2v) is 5.46. The van der Waals surface area contributed by atoms with Crippen molar-refractivity contribution in [2.45, 2.75) is 45.6 Å². The molecule has 1 aliphatic rings. The van der Waals surface area contributed by atoms with E-state index in [1.54, 1.807) is 0 Å². The van der Waals surface area contributed by atoms with E-state index in [4.69, 9.17) is 4.74 Å². The fraction of sp³-hybridized carbons (Fsp3) is 0.600. The average molecular weight is 288 g/mol. The summed E-state index contributed by atoms with van der Waals surface area (Å²) in [5, 5.41) is 20.7. The zero-order valence-electron chi connectivity index (χ0n) is 12.6. The Balaban J connectivity index is 2.03. The van der Waals surface area contributed by atoms with Crippen LogP contribution in [-0.4, -0.2) is 29.3 Å². The van der Waals surface area contributed by atoms with Gasteiger partial charge in [0.25, 0.3) is 0 Å². The normalized spacial score (nSPS) is 21.4. The monoisotopic (exact) mass is 288 g/mol. The number of anilines is 1. The first-order valence-corrected chi connectivity index (χ1v) is 7.15. The lowest BCUT2D eigenvalue weighted by atomic mass is 9.86. The number of ether oxygens (including phenoxy) is 1. The van der Waals surface area contributed by atoms with Crippen molar-refractivity contribution in [1.82, 2.24) is 10.2 Å². The smallest absolute Gasteiger partial charge is 0.308 e. The Morgan fingerprint density at radius 3 is 2.52 bits per heavy atom. The molecule has 1 heterocycles. The maximum atomic E-state index is 11.5. The number of rotatable bonds is 3. The predicted octanol–water partition coefficient (Wildman–Crippen LogP) is 2.11. The molecule has 1 N–H and O–H groups in total. The van der Waals surface area contributed by atoms with Crippen molar-refractivity contribution in [1.29, 1.82) is 5.26 Å². The molecule has 1 saturated carbocycles. The van der Waals surface area contributed by atoms with E-state index in [-0.39, 0.29) is 17.9 Å². The summed E-state index contributed by atoms with van der Waals surface area (Å²) >= 11 is 0. The van der Waals surface area contributed by atoms with E-state index in [1.165, 1.54) is 7.11 Å². The van der Waals surface area contributed by atoms with E-state index in [0.717, 1.165) is 36.9 Å². The molecule has 6 heteroatoms. The molecule has 1 aromatic heterocycles. The second kappa shape index (κ2) is 6.53. The number of nitrogens with one attached hydrogen (secondary N) is 1. The van der Waals surface area contributed by atoms with E-state index >= 15 is 0 Å². The van der Waals surface area contributed by atoms with Gasteiger partial charge >= 0.3 is 5.97 Å². The highest BCUT2D eigenvalue weighted by Crippen LogP contribution is 2.28. The quantitative estimate of drug-likeness (QED) is 0.857. The lowest BCUT2D eigenvalue weighted by molar-refractivity contribution is -0.146. The molecule has 0 aromatic carbocycles. The highest BCUT2D eigenvalue weighted by molar-refractivity contribution is 5.72. The van der Waals surface area contributed by atoms with Crippen LogP contribution in [0.4, 0.5) is 5.82 Å². The minimum absolute atomic E-state index is 0.00525. The van der Waals surface area contributed by atoms with Crippen molar-refractivity contribution >= 4 is 11.8 Å². The maximum absolute atomic E-state index is 11.5. The molecule has 1 aliphatic carbocycles. The third-order valence-corrected chi connectivity index (χ3v) is 4.17. The third kappa shape index (κ3) is 3.30. The van der Waals surface area contributed by atoms with E-state index in [2.05, 4.69) is 21.6 Å². The molecule has 112 valence electrons. The zero-order chi connectivity index (χ0) is 15.4. The summed E-state index contributed by atoms with van der Waals surface area (Å²) in [6, 6.07) is 2.41. The molecule has 0 unspecified atom stereocenters. The van der Waals surface area contributed by atoms with Crippen LogP contribution >= 0.6 is 0 Å². The number of carbonyl (C=O) groups is 1. The number of nitriles is 1. The fourth-order valence-electron chi connectivity index (χ4n) is 2.68. The summed E-state index contributed by atoms with van der Waals surface area (Å²) in [4.78, 5) is 11.5. The van der Waals surface area contributed by atoms with Gasteiger partial charge < -0.3 is 10.1 Å². The Hall–Kier alpha value is -2.16. The number of hydrogen-bond donors (Lipinski definition) is 1. The number of hydrogen-bond acceptors (Lipinski definition) is 6. The number of nitrogens with zero attached hydrogens (tertiary/aromatic N) is 3. The summed E-state index contributed by atoms with van der Waals surface area (Å²) in [7, 11) is 1.43. The SMILES string of the molecule is COC(=O)C1CCC(Nc2nnc(C)c(C)c2C#N)CC1. The van der Waals surface area contributed by atoms with Crippen molar-refractivity contribution in [3.8, 4) is 6.07 Å². The molecule has 0 aliphatic heterocycles. The van der Waals surface area contributed by atoms with Crippen LogP contribution in [0.3, 0.4) is 0 Å². The van der Waals surface area contributed by atoms with Gasteiger partial charge in [-0.1, -0.05) is 0 Å². The second-order valence-electron chi connectivity index (χ2n) is 5.46. The Morgan fingerprint density at radius 1 is 1.29 bits per heavy atom. The van der Waals surface area contributed by atoms with Crippen LogP contribution in [0.5, 0.6) is 0 Å². The Kier molecular flexibility index (Phi) is 4.73. The topological polar surface area (TPSA) is 87.9 Å². The lowest BCUT2D eigenvalue weighted by Crippen LogP contribution is -2.30. The summed E-state index contributed by atoms with van der Waals surface area (Å²) < 4.78 is 4.78. The standard InChI is InChI=1S/C15H20N4O2/c1-9-10(2)18-19-14(13(9)8-16)17-12-6-4-11(5-7-12)15(20)21-3/h11-12H,4-7H2,1-3H3,(H,17,19). The van der Waals surface area contributed by atoms with Crippen LogP contribution in [0.25, 0.3) is 0 Å². The lowest BCUT2D eigenvalue weighted by Gasteiger charge is -2.28. The average Bonchev–Trinajstić information content (AvgIpc) is 2.51. The molecule has 21 heavy (non-hydrogen) atoms. The number of aryl methyl sites for hydroxylation is 1. The first-order chi connectivity index (χ1) is 10.1. The number of aromatic nitrogens is 2. The summed E-state index contributed by atoms with van der Waals surface area (Å²) in [5.74, 6) is 0.411. The first-order valence-electron chi connectivity index (χ1n) is 7.15. The maximum Gasteiger partial charge on any atom is 0.308 e. The minimum Gasteiger partial charge on any atom is -0.469 e. The van der Waals surface area contributed by atoms with Crippen LogP contribution in [0.15, 0.2) is 0 Å². The largest absolute Gasteiger partial charge is 0.469 e. The Bertz CT molecular complexity index is 572. The number of esters is 1. The van der Waals surface area contributed by atoms with Gasteiger partial charge in [0, 0.05) is 6.04 Å². The van der Waals surface area contributed by atoms with Gasteiger partial charge in [-0.2, -0.15) is 10.4 Å². The fourth-order valence-corrected chi connectivity index (χ4v) is 2.68. The molecule has 0 atom stereocenters. The molecule has 0 saturated heterocycles. The first kappa shape index (κ1) is 15.2. The minimum atomic E-state index is -0.128. The summed E-state index contributed by atoms with van der Waals surface area (Å²) in [6.45, 7) is 3.72. The van der Waals surface area contributed by atoms with Gasteiger partial charge in [0.1, 0.15) is 11.6 Å². The van der Waals surface area contributed by atoms with Gasteiger partial charge in [0.05, 0.1) is 18.7 Å². The summed E-state index contributed by atoms with van der Waals surface area (Å²) in [6.07, 6.45) is 3.31. The molecule has 0 amide bonds. The van der Waals surface area contributed by atoms with Crippen molar-refractivity contribution in [2.75, 3.05) is 12.4 Å². The van der Waals surface area contributed by atoms with Crippen LogP contribution < -0.4 is 5.32 Å². The third-order valence-electron chi connectivity index (χ3n) is 4.17. The van der Waals surface area contributed by atoms with Crippen LogP contribution in [0, 0.1) is 31.1 Å². The van der Waals surface area contributed by atoms with Crippen molar-refractivity contribution < 1.29 is 9.53 Å². The molecule has 1 fully saturated rings. The predicted molar refractivity (Wildman–Crippen MR) is 77.6 cm³/mol. The van der Waals surface area contributed by atoms with Crippen molar-refractivity contribution in [3.63, 3.8) is 0 Å². The van der Waals surface area contributed by atoms with Crippen LogP contribution in [-0.2, 0) is 9.53 Å².